The predicted octanol–water partition coefficient (Wildman–Crippen LogP) is 2.69. The minimum atomic E-state index is -0.191. The second-order valence-electron chi connectivity index (χ2n) is 5.74. The summed E-state index contributed by atoms with van der Waals surface area (Å²) >= 11 is 6.27. The van der Waals surface area contributed by atoms with Gasteiger partial charge in [-0.05, 0) is 57.5 Å². The van der Waals surface area contributed by atoms with Crippen molar-refractivity contribution in [2.24, 2.45) is 5.92 Å². The Bertz CT molecular complexity index is 425. The van der Waals surface area contributed by atoms with Gasteiger partial charge in [0.15, 0.2) is 0 Å². The first-order valence-corrected chi connectivity index (χ1v) is 7.81. The monoisotopic (exact) mass is 296 g/mol. The van der Waals surface area contributed by atoms with Gasteiger partial charge >= 0.3 is 0 Å². The standard InChI is InChI=1S/C16H25ClN2O/c1-12(20)13-7-9-19(11-13)10-8-16(18-2)14-5-3-4-6-15(14)17/h3-6,12-13,16,18,20H,7-11H2,1-2H3. The van der Waals surface area contributed by atoms with E-state index in [1.54, 1.807) is 0 Å². The average molecular weight is 297 g/mol. The molecule has 1 fully saturated rings. The number of halogens is 1. The van der Waals surface area contributed by atoms with Gasteiger partial charge in [-0.15, -0.1) is 0 Å². The summed E-state index contributed by atoms with van der Waals surface area (Å²) in [6.45, 7) is 5.04. The maximum absolute atomic E-state index is 9.65. The second-order valence-corrected chi connectivity index (χ2v) is 6.15. The molecular formula is C16H25ClN2O. The molecule has 0 radical (unpaired) electrons. The van der Waals surface area contributed by atoms with Gasteiger partial charge in [0, 0.05) is 17.6 Å². The summed E-state index contributed by atoms with van der Waals surface area (Å²) in [4.78, 5) is 2.44. The molecule has 0 bridgehead atoms. The number of rotatable bonds is 6. The summed E-state index contributed by atoms with van der Waals surface area (Å²) in [5, 5.41) is 13.8. The molecule has 0 saturated carbocycles. The minimum absolute atomic E-state index is 0.191. The first-order valence-electron chi connectivity index (χ1n) is 7.44. The molecule has 1 aliphatic rings. The molecule has 1 aromatic rings. The van der Waals surface area contributed by atoms with E-state index in [0.717, 1.165) is 37.5 Å². The van der Waals surface area contributed by atoms with Crippen LogP contribution in [0, 0.1) is 5.92 Å². The Hall–Kier alpha value is -0.610. The molecule has 20 heavy (non-hydrogen) atoms. The van der Waals surface area contributed by atoms with Gasteiger partial charge < -0.3 is 15.3 Å². The number of nitrogens with zero attached hydrogens (tertiary/aromatic N) is 1. The molecule has 112 valence electrons. The van der Waals surface area contributed by atoms with E-state index in [1.165, 1.54) is 5.56 Å². The SMILES string of the molecule is CNC(CCN1CCC(C(C)O)C1)c1ccccc1Cl. The van der Waals surface area contributed by atoms with Crippen LogP contribution in [0.1, 0.15) is 31.4 Å². The summed E-state index contributed by atoms with van der Waals surface area (Å²) in [6, 6.07) is 8.32. The molecule has 1 aliphatic heterocycles. The molecular weight excluding hydrogens is 272 g/mol. The Morgan fingerprint density at radius 3 is 2.80 bits per heavy atom. The maximum Gasteiger partial charge on any atom is 0.0552 e. The fourth-order valence-corrected chi connectivity index (χ4v) is 3.25. The van der Waals surface area contributed by atoms with Crippen LogP contribution in [0.2, 0.25) is 5.02 Å². The normalized spacial score (nSPS) is 22.9. The van der Waals surface area contributed by atoms with Crippen LogP contribution < -0.4 is 5.32 Å². The van der Waals surface area contributed by atoms with Crippen molar-refractivity contribution in [3.63, 3.8) is 0 Å². The van der Waals surface area contributed by atoms with Crippen LogP contribution in [-0.2, 0) is 0 Å². The molecule has 1 saturated heterocycles. The largest absolute Gasteiger partial charge is 0.393 e. The highest BCUT2D eigenvalue weighted by atomic mass is 35.5. The summed E-state index contributed by atoms with van der Waals surface area (Å²) in [5.74, 6) is 0.434. The quantitative estimate of drug-likeness (QED) is 0.847. The van der Waals surface area contributed by atoms with E-state index in [0.29, 0.717) is 5.92 Å². The molecule has 2 rings (SSSR count). The molecule has 0 spiro atoms. The van der Waals surface area contributed by atoms with E-state index < -0.39 is 0 Å². The van der Waals surface area contributed by atoms with Gasteiger partial charge in [0.2, 0.25) is 0 Å². The fraction of sp³-hybridized carbons (Fsp3) is 0.625. The lowest BCUT2D eigenvalue weighted by Gasteiger charge is -2.22. The maximum atomic E-state index is 9.65. The lowest BCUT2D eigenvalue weighted by atomic mass is 10.0. The van der Waals surface area contributed by atoms with Crippen LogP contribution in [0.25, 0.3) is 0 Å². The van der Waals surface area contributed by atoms with Crippen molar-refractivity contribution >= 4 is 11.6 Å². The Labute approximate surface area is 126 Å². The van der Waals surface area contributed by atoms with Gasteiger partial charge in [-0.3, -0.25) is 0 Å². The van der Waals surface area contributed by atoms with Gasteiger partial charge in [0.25, 0.3) is 0 Å². The van der Waals surface area contributed by atoms with Crippen molar-refractivity contribution < 1.29 is 5.11 Å². The van der Waals surface area contributed by atoms with Gasteiger partial charge in [-0.2, -0.15) is 0 Å². The van der Waals surface area contributed by atoms with E-state index in [-0.39, 0.29) is 12.1 Å². The zero-order valence-electron chi connectivity index (χ0n) is 12.3. The molecule has 3 atom stereocenters. The second kappa shape index (κ2) is 7.41. The first kappa shape index (κ1) is 15.8. The van der Waals surface area contributed by atoms with Crippen molar-refractivity contribution in [2.45, 2.75) is 31.9 Å². The highest BCUT2D eigenvalue weighted by molar-refractivity contribution is 6.31. The number of nitrogens with one attached hydrogen (secondary N) is 1. The van der Waals surface area contributed by atoms with E-state index in [1.807, 2.05) is 32.2 Å². The van der Waals surface area contributed by atoms with Crippen molar-refractivity contribution in [1.82, 2.24) is 10.2 Å². The number of aliphatic hydroxyl groups excluding tert-OH is 1. The van der Waals surface area contributed by atoms with E-state index in [9.17, 15) is 5.11 Å². The molecule has 3 unspecified atom stereocenters. The summed E-state index contributed by atoms with van der Waals surface area (Å²) < 4.78 is 0. The van der Waals surface area contributed by atoms with Crippen LogP contribution in [0.3, 0.4) is 0 Å². The lowest BCUT2D eigenvalue weighted by molar-refractivity contribution is 0.127. The van der Waals surface area contributed by atoms with Crippen molar-refractivity contribution in [2.75, 3.05) is 26.7 Å². The predicted molar refractivity (Wildman–Crippen MR) is 84.1 cm³/mol. The number of aliphatic hydroxyl groups is 1. The molecule has 0 aromatic heterocycles. The number of benzene rings is 1. The number of hydrogen-bond acceptors (Lipinski definition) is 3. The molecule has 3 nitrogen and oxygen atoms in total. The van der Waals surface area contributed by atoms with Crippen LogP contribution in [0.5, 0.6) is 0 Å². The van der Waals surface area contributed by atoms with Crippen LogP contribution in [0.15, 0.2) is 24.3 Å². The van der Waals surface area contributed by atoms with Crippen molar-refractivity contribution in [3.8, 4) is 0 Å². The highest BCUT2D eigenvalue weighted by Crippen LogP contribution is 2.26. The van der Waals surface area contributed by atoms with Gasteiger partial charge in [-0.1, -0.05) is 29.8 Å². The minimum Gasteiger partial charge on any atom is -0.393 e. The Kier molecular flexibility index (Phi) is 5.85. The Balaban J connectivity index is 1.88. The third kappa shape index (κ3) is 3.95. The van der Waals surface area contributed by atoms with Crippen LogP contribution >= 0.6 is 11.6 Å². The van der Waals surface area contributed by atoms with Crippen molar-refractivity contribution in [3.05, 3.63) is 34.9 Å². The Morgan fingerprint density at radius 1 is 1.45 bits per heavy atom. The summed E-state index contributed by atoms with van der Waals surface area (Å²) in [6.07, 6.45) is 1.95. The number of hydrogen-bond donors (Lipinski definition) is 2. The lowest BCUT2D eigenvalue weighted by Crippen LogP contribution is -2.28. The van der Waals surface area contributed by atoms with Crippen LogP contribution in [-0.4, -0.2) is 42.8 Å². The molecule has 2 N–H and O–H groups in total. The summed E-state index contributed by atoms with van der Waals surface area (Å²) in [7, 11) is 1.98. The zero-order chi connectivity index (χ0) is 14.5. The van der Waals surface area contributed by atoms with Gasteiger partial charge in [0.05, 0.1) is 6.10 Å². The smallest absolute Gasteiger partial charge is 0.0552 e. The van der Waals surface area contributed by atoms with Crippen molar-refractivity contribution in [1.29, 1.82) is 0 Å². The molecule has 4 heteroatoms. The Morgan fingerprint density at radius 2 is 2.20 bits per heavy atom. The zero-order valence-corrected chi connectivity index (χ0v) is 13.1. The molecule has 1 heterocycles. The molecule has 0 amide bonds. The average Bonchev–Trinajstić information content (AvgIpc) is 2.90. The fourth-order valence-electron chi connectivity index (χ4n) is 2.98. The van der Waals surface area contributed by atoms with Gasteiger partial charge in [-0.25, -0.2) is 0 Å². The first-order chi connectivity index (χ1) is 9.61. The topological polar surface area (TPSA) is 35.5 Å². The molecule has 0 aliphatic carbocycles. The van der Waals surface area contributed by atoms with Crippen LogP contribution in [0.4, 0.5) is 0 Å². The van der Waals surface area contributed by atoms with E-state index in [2.05, 4.69) is 16.3 Å². The summed E-state index contributed by atoms with van der Waals surface area (Å²) in [5.41, 5.74) is 1.17. The third-order valence-corrected chi connectivity index (χ3v) is 4.70. The van der Waals surface area contributed by atoms with Gasteiger partial charge in [0.1, 0.15) is 0 Å². The number of likely N-dealkylation sites (tertiary alicyclic amines) is 1. The highest BCUT2D eigenvalue weighted by Gasteiger charge is 2.26. The van der Waals surface area contributed by atoms with E-state index >= 15 is 0 Å². The van der Waals surface area contributed by atoms with E-state index in [4.69, 9.17) is 11.6 Å². The third-order valence-electron chi connectivity index (χ3n) is 4.35. The molecule has 1 aromatic carbocycles.